The van der Waals surface area contributed by atoms with Crippen LogP contribution in [0.2, 0.25) is 0 Å². The van der Waals surface area contributed by atoms with Crippen molar-refractivity contribution in [2.75, 3.05) is 10.7 Å². The van der Waals surface area contributed by atoms with Gasteiger partial charge in [0, 0.05) is 18.2 Å². The van der Waals surface area contributed by atoms with E-state index in [9.17, 15) is 4.79 Å². The molecule has 0 saturated carbocycles. The third-order valence-corrected chi connectivity index (χ3v) is 5.30. The van der Waals surface area contributed by atoms with Crippen LogP contribution < -0.4 is 9.64 Å². The second-order valence-corrected chi connectivity index (χ2v) is 7.52. The standard InChI is InChI=1S/C23H20N4O2S/c1-3-15-30-23-24-22-21(25-26-23)18-11-7-8-12-19(18)27(16(2)28)20(29-22)14-13-17-9-5-4-6-10-17/h3-14,20H,1,15H2,2H3/b14-13+. The van der Waals surface area contributed by atoms with Crippen molar-refractivity contribution in [1.82, 2.24) is 15.2 Å². The zero-order valence-electron chi connectivity index (χ0n) is 16.4. The lowest BCUT2D eigenvalue weighted by molar-refractivity contribution is -0.117. The van der Waals surface area contributed by atoms with Crippen molar-refractivity contribution in [2.24, 2.45) is 0 Å². The summed E-state index contributed by atoms with van der Waals surface area (Å²) >= 11 is 1.42. The first kappa shape index (κ1) is 19.8. The first-order valence-electron chi connectivity index (χ1n) is 9.45. The Labute approximate surface area is 179 Å². The highest BCUT2D eigenvalue weighted by Gasteiger charge is 2.32. The highest BCUT2D eigenvalue weighted by atomic mass is 32.2. The number of ether oxygens (including phenoxy) is 1. The van der Waals surface area contributed by atoms with Gasteiger partial charge in [0.05, 0.1) is 5.69 Å². The molecule has 1 atom stereocenters. The second kappa shape index (κ2) is 8.92. The SMILES string of the molecule is C=CCSc1nnc2c(n1)OC(/C=C/c1ccccc1)N(C(C)=O)c1ccccc1-2. The molecule has 0 fully saturated rings. The molecule has 1 aliphatic rings. The molecule has 1 unspecified atom stereocenters. The Morgan fingerprint density at radius 3 is 2.70 bits per heavy atom. The predicted octanol–water partition coefficient (Wildman–Crippen LogP) is 4.60. The largest absolute Gasteiger partial charge is 0.448 e. The van der Waals surface area contributed by atoms with E-state index >= 15 is 0 Å². The van der Waals surface area contributed by atoms with Crippen LogP contribution in [0.15, 0.2) is 78.5 Å². The molecule has 0 radical (unpaired) electrons. The maximum Gasteiger partial charge on any atom is 0.247 e. The van der Waals surface area contributed by atoms with E-state index < -0.39 is 6.23 Å². The summed E-state index contributed by atoms with van der Waals surface area (Å²) in [6.07, 6.45) is 4.87. The van der Waals surface area contributed by atoms with E-state index in [0.29, 0.717) is 28.2 Å². The smallest absolute Gasteiger partial charge is 0.247 e. The molecule has 2 aromatic carbocycles. The van der Waals surface area contributed by atoms with E-state index in [1.165, 1.54) is 18.7 Å². The minimum Gasteiger partial charge on any atom is -0.448 e. The van der Waals surface area contributed by atoms with Gasteiger partial charge in [-0.1, -0.05) is 72.4 Å². The van der Waals surface area contributed by atoms with Gasteiger partial charge in [-0.2, -0.15) is 4.98 Å². The van der Waals surface area contributed by atoms with Crippen LogP contribution in [-0.4, -0.2) is 33.1 Å². The Morgan fingerprint density at radius 1 is 1.17 bits per heavy atom. The fourth-order valence-electron chi connectivity index (χ4n) is 3.16. The van der Waals surface area contributed by atoms with Gasteiger partial charge in [-0.15, -0.1) is 16.8 Å². The number of thioether (sulfide) groups is 1. The minimum atomic E-state index is -0.681. The van der Waals surface area contributed by atoms with Gasteiger partial charge >= 0.3 is 0 Å². The average molecular weight is 417 g/mol. The zero-order valence-corrected chi connectivity index (χ0v) is 17.2. The highest BCUT2D eigenvalue weighted by molar-refractivity contribution is 7.99. The van der Waals surface area contributed by atoms with E-state index in [1.54, 1.807) is 11.0 Å². The molecule has 0 aliphatic carbocycles. The molecule has 150 valence electrons. The number of benzene rings is 2. The van der Waals surface area contributed by atoms with Gasteiger partial charge < -0.3 is 4.74 Å². The van der Waals surface area contributed by atoms with Crippen molar-refractivity contribution < 1.29 is 9.53 Å². The molecular formula is C23H20N4O2S. The van der Waals surface area contributed by atoms with Crippen molar-refractivity contribution in [1.29, 1.82) is 0 Å². The molecule has 3 aromatic rings. The van der Waals surface area contributed by atoms with E-state index in [4.69, 9.17) is 4.74 Å². The summed E-state index contributed by atoms with van der Waals surface area (Å²) in [6, 6.07) is 17.4. The van der Waals surface area contributed by atoms with E-state index in [2.05, 4.69) is 21.8 Å². The van der Waals surface area contributed by atoms with Crippen LogP contribution in [0.4, 0.5) is 5.69 Å². The van der Waals surface area contributed by atoms with Crippen LogP contribution in [0.3, 0.4) is 0 Å². The number of para-hydroxylation sites is 1. The van der Waals surface area contributed by atoms with Crippen molar-refractivity contribution >= 4 is 29.4 Å². The van der Waals surface area contributed by atoms with Crippen molar-refractivity contribution in [3.05, 3.63) is 78.9 Å². The molecule has 0 bridgehead atoms. The van der Waals surface area contributed by atoms with Gasteiger partial charge in [0.25, 0.3) is 0 Å². The average Bonchev–Trinajstić information content (AvgIpc) is 2.91. The minimum absolute atomic E-state index is 0.146. The van der Waals surface area contributed by atoms with Gasteiger partial charge in [0.15, 0.2) is 11.9 Å². The lowest BCUT2D eigenvalue weighted by Gasteiger charge is -2.27. The number of hydrogen-bond acceptors (Lipinski definition) is 6. The third-order valence-electron chi connectivity index (χ3n) is 4.46. The molecular weight excluding hydrogens is 396 g/mol. The van der Waals surface area contributed by atoms with E-state index in [0.717, 1.165) is 11.1 Å². The normalized spacial score (nSPS) is 15.1. The molecule has 7 heteroatoms. The summed E-state index contributed by atoms with van der Waals surface area (Å²) in [5, 5.41) is 9.07. The first-order valence-corrected chi connectivity index (χ1v) is 10.4. The molecule has 1 amide bonds. The molecule has 30 heavy (non-hydrogen) atoms. The lowest BCUT2D eigenvalue weighted by atomic mass is 10.1. The van der Waals surface area contributed by atoms with Crippen molar-refractivity contribution in [3.63, 3.8) is 0 Å². The van der Waals surface area contributed by atoms with Gasteiger partial charge in [-0.25, -0.2) is 0 Å². The number of amides is 1. The topological polar surface area (TPSA) is 68.2 Å². The van der Waals surface area contributed by atoms with Crippen LogP contribution in [0.25, 0.3) is 17.3 Å². The lowest BCUT2D eigenvalue weighted by Crippen LogP contribution is -2.41. The Kier molecular flexibility index (Phi) is 5.90. The van der Waals surface area contributed by atoms with E-state index in [1.807, 2.05) is 66.7 Å². The molecule has 1 aromatic heterocycles. The third kappa shape index (κ3) is 4.11. The molecule has 4 rings (SSSR count). The summed E-state index contributed by atoms with van der Waals surface area (Å²) in [5.74, 6) is 0.858. The Bertz CT molecular complexity index is 1100. The quantitative estimate of drug-likeness (QED) is 0.447. The number of carbonyl (C=O) groups excluding carboxylic acids is 1. The van der Waals surface area contributed by atoms with Gasteiger partial charge in [0.1, 0.15) is 0 Å². The summed E-state index contributed by atoms with van der Waals surface area (Å²) in [7, 11) is 0. The van der Waals surface area contributed by atoms with Crippen LogP contribution in [-0.2, 0) is 4.79 Å². The Hall–Kier alpha value is -3.45. The molecule has 6 nitrogen and oxygen atoms in total. The molecule has 0 spiro atoms. The maximum absolute atomic E-state index is 12.6. The number of anilines is 1. The second-order valence-electron chi connectivity index (χ2n) is 6.53. The van der Waals surface area contributed by atoms with Crippen LogP contribution >= 0.6 is 11.8 Å². The molecule has 1 aliphatic heterocycles. The number of rotatable bonds is 5. The number of aromatic nitrogens is 3. The fraction of sp³-hybridized carbons (Fsp3) is 0.130. The van der Waals surface area contributed by atoms with Gasteiger partial charge in [-0.3, -0.25) is 9.69 Å². The number of hydrogen-bond donors (Lipinski definition) is 0. The summed E-state index contributed by atoms with van der Waals surface area (Å²) in [6.45, 7) is 5.24. The maximum atomic E-state index is 12.6. The van der Waals surface area contributed by atoms with Gasteiger partial charge in [-0.05, 0) is 17.7 Å². The van der Waals surface area contributed by atoms with Crippen LogP contribution in [0.5, 0.6) is 5.88 Å². The number of fused-ring (bicyclic) bond motifs is 3. The Morgan fingerprint density at radius 2 is 1.93 bits per heavy atom. The monoisotopic (exact) mass is 416 g/mol. The number of carbonyl (C=O) groups is 1. The predicted molar refractivity (Wildman–Crippen MR) is 119 cm³/mol. The Balaban J connectivity index is 1.82. The fourth-order valence-corrected chi connectivity index (χ4v) is 3.68. The summed E-state index contributed by atoms with van der Waals surface area (Å²) in [5.41, 5.74) is 2.97. The molecule has 0 N–H and O–H groups in total. The molecule has 2 heterocycles. The van der Waals surface area contributed by atoms with Crippen LogP contribution in [0, 0.1) is 0 Å². The molecule has 0 saturated heterocycles. The van der Waals surface area contributed by atoms with Crippen LogP contribution in [0.1, 0.15) is 12.5 Å². The van der Waals surface area contributed by atoms with Crippen molar-refractivity contribution in [3.8, 4) is 17.1 Å². The van der Waals surface area contributed by atoms with E-state index in [-0.39, 0.29) is 5.91 Å². The first-order chi connectivity index (χ1) is 14.7. The highest BCUT2D eigenvalue weighted by Crippen LogP contribution is 2.39. The van der Waals surface area contributed by atoms with Gasteiger partial charge in [0.2, 0.25) is 16.9 Å². The zero-order chi connectivity index (χ0) is 20.9. The summed E-state index contributed by atoms with van der Waals surface area (Å²) in [4.78, 5) is 18.8. The van der Waals surface area contributed by atoms with Crippen molar-refractivity contribution in [2.45, 2.75) is 18.3 Å². The summed E-state index contributed by atoms with van der Waals surface area (Å²) < 4.78 is 6.22. The number of nitrogens with zero attached hydrogens (tertiary/aromatic N) is 4.